The molecular weight excluding hydrogens is 294 g/mol. The second kappa shape index (κ2) is 9.09. The highest BCUT2D eigenvalue weighted by Crippen LogP contribution is 2.15. The summed E-state index contributed by atoms with van der Waals surface area (Å²) in [4.78, 5) is 22.8. The second-order valence-electron chi connectivity index (χ2n) is 5.03. The number of halogens is 2. The van der Waals surface area contributed by atoms with Crippen LogP contribution in [0, 0.1) is 11.6 Å². The highest BCUT2D eigenvalue weighted by molar-refractivity contribution is 5.93. The number of carbonyl (C=O) groups excluding carboxylic acids is 2. The Balaban J connectivity index is 2.54. The number of nitrogens with two attached hydrogens (primary N) is 1. The standard InChI is InChI=1S/C15H20F2N2O3/c1-2-3-4-7-18-13(15(21)22)9-14(20)19-12-6-5-10(16)8-11(12)17/h5-6,8,13,18H,2-4,7,9H2,1H3,(H,19,20)(H,21,22)/t13-/m0/s1. The summed E-state index contributed by atoms with van der Waals surface area (Å²) >= 11 is 0. The molecule has 1 atom stereocenters. The third kappa shape index (κ3) is 6.17. The Labute approximate surface area is 127 Å². The van der Waals surface area contributed by atoms with Gasteiger partial charge in [-0.05, 0) is 25.0 Å². The van der Waals surface area contributed by atoms with Crippen molar-refractivity contribution >= 4 is 17.6 Å². The van der Waals surface area contributed by atoms with Crippen molar-refractivity contribution in [1.29, 1.82) is 0 Å². The maximum atomic E-state index is 13.4. The number of nitrogens with one attached hydrogen (secondary N) is 1. The zero-order valence-corrected chi connectivity index (χ0v) is 12.4. The number of hydrogen-bond donors (Lipinski definition) is 2. The lowest BCUT2D eigenvalue weighted by Crippen LogP contribution is -2.93. The Hall–Kier alpha value is -2.02. The number of amides is 1. The molecule has 122 valence electrons. The molecular formula is C15H20F2N2O3. The Morgan fingerprint density at radius 1 is 1.32 bits per heavy atom. The largest absolute Gasteiger partial charge is 0.544 e. The molecule has 0 radical (unpaired) electrons. The van der Waals surface area contributed by atoms with E-state index in [-0.39, 0.29) is 12.1 Å². The fourth-order valence-electron chi connectivity index (χ4n) is 1.97. The van der Waals surface area contributed by atoms with Crippen LogP contribution in [0.3, 0.4) is 0 Å². The average molecular weight is 314 g/mol. The van der Waals surface area contributed by atoms with Crippen molar-refractivity contribution in [2.45, 2.75) is 38.6 Å². The van der Waals surface area contributed by atoms with Crippen LogP contribution in [0.15, 0.2) is 18.2 Å². The van der Waals surface area contributed by atoms with Crippen molar-refractivity contribution in [1.82, 2.24) is 0 Å². The van der Waals surface area contributed by atoms with E-state index in [1.165, 1.54) is 5.32 Å². The van der Waals surface area contributed by atoms with Gasteiger partial charge in [0.25, 0.3) is 0 Å². The molecule has 0 aliphatic carbocycles. The molecule has 0 heterocycles. The van der Waals surface area contributed by atoms with E-state index in [4.69, 9.17) is 0 Å². The van der Waals surface area contributed by atoms with Gasteiger partial charge in [-0.3, -0.25) is 4.79 Å². The number of aliphatic carboxylic acids is 1. The third-order valence-electron chi connectivity index (χ3n) is 3.17. The monoisotopic (exact) mass is 314 g/mol. The van der Waals surface area contributed by atoms with E-state index in [0.29, 0.717) is 12.6 Å². The molecule has 0 aromatic heterocycles. The first-order valence-corrected chi connectivity index (χ1v) is 7.23. The number of hydrogen-bond acceptors (Lipinski definition) is 3. The molecule has 0 unspecified atom stereocenters. The minimum absolute atomic E-state index is 0.186. The maximum absolute atomic E-state index is 13.4. The summed E-state index contributed by atoms with van der Waals surface area (Å²) < 4.78 is 26.2. The predicted octanol–water partition coefficient (Wildman–Crippen LogP) is 0.165. The van der Waals surface area contributed by atoms with Crippen LogP contribution in [-0.4, -0.2) is 24.5 Å². The Morgan fingerprint density at radius 2 is 2.05 bits per heavy atom. The zero-order chi connectivity index (χ0) is 16.5. The van der Waals surface area contributed by atoms with E-state index < -0.39 is 29.6 Å². The van der Waals surface area contributed by atoms with Gasteiger partial charge in [0, 0.05) is 6.07 Å². The molecule has 0 fully saturated rings. The molecule has 0 saturated carbocycles. The molecule has 0 saturated heterocycles. The van der Waals surface area contributed by atoms with Crippen LogP contribution in [-0.2, 0) is 9.59 Å². The highest BCUT2D eigenvalue weighted by atomic mass is 19.1. The van der Waals surface area contributed by atoms with Crippen molar-refractivity contribution < 1.29 is 28.8 Å². The van der Waals surface area contributed by atoms with Crippen LogP contribution in [0.25, 0.3) is 0 Å². The fourth-order valence-corrected chi connectivity index (χ4v) is 1.97. The SMILES string of the molecule is CCCCC[NH2+][C@@H](CC(=O)Nc1ccc(F)cc1F)C(=O)[O-]. The van der Waals surface area contributed by atoms with Crippen molar-refractivity contribution in [3.63, 3.8) is 0 Å². The van der Waals surface area contributed by atoms with Crippen molar-refractivity contribution in [2.24, 2.45) is 0 Å². The number of quaternary nitrogens is 1. The molecule has 3 N–H and O–H groups in total. The quantitative estimate of drug-likeness (QED) is 0.637. The first-order chi connectivity index (χ1) is 10.4. The second-order valence-corrected chi connectivity index (χ2v) is 5.03. The minimum Gasteiger partial charge on any atom is -0.544 e. The molecule has 0 spiro atoms. The Kier molecular flexibility index (Phi) is 7.45. The summed E-state index contributed by atoms with van der Waals surface area (Å²) in [5.74, 6) is -3.67. The average Bonchev–Trinajstić information content (AvgIpc) is 2.45. The normalized spacial score (nSPS) is 12.0. The lowest BCUT2D eigenvalue weighted by Gasteiger charge is -2.16. The molecule has 1 rings (SSSR count). The van der Waals surface area contributed by atoms with Gasteiger partial charge >= 0.3 is 0 Å². The highest BCUT2D eigenvalue weighted by Gasteiger charge is 2.19. The summed E-state index contributed by atoms with van der Waals surface area (Å²) in [6, 6.07) is 1.70. The van der Waals surface area contributed by atoms with Crippen LogP contribution in [0.4, 0.5) is 14.5 Å². The van der Waals surface area contributed by atoms with Crippen molar-refractivity contribution in [2.75, 3.05) is 11.9 Å². The molecule has 7 heteroatoms. The van der Waals surface area contributed by atoms with Crippen LogP contribution in [0.5, 0.6) is 0 Å². The number of unbranched alkanes of at least 4 members (excludes halogenated alkanes) is 2. The lowest BCUT2D eigenvalue weighted by atomic mass is 10.1. The van der Waals surface area contributed by atoms with E-state index in [1.54, 1.807) is 0 Å². The summed E-state index contributed by atoms with van der Waals surface area (Å²) in [6.07, 6.45) is 2.48. The summed E-state index contributed by atoms with van der Waals surface area (Å²) in [5.41, 5.74) is -0.186. The van der Waals surface area contributed by atoms with Crippen molar-refractivity contribution in [3.8, 4) is 0 Å². The van der Waals surface area contributed by atoms with Gasteiger partial charge in [0.05, 0.1) is 24.6 Å². The van der Waals surface area contributed by atoms with Gasteiger partial charge in [-0.2, -0.15) is 0 Å². The van der Waals surface area contributed by atoms with Gasteiger partial charge in [-0.15, -0.1) is 0 Å². The number of benzene rings is 1. The van der Waals surface area contributed by atoms with Gasteiger partial charge in [0.15, 0.2) is 0 Å². The van der Waals surface area contributed by atoms with Gasteiger partial charge in [-0.1, -0.05) is 13.3 Å². The molecule has 1 aromatic rings. The Morgan fingerprint density at radius 3 is 2.64 bits per heavy atom. The fraction of sp³-hybridized carbons (Fsp3) is 0.467. The minimum atomic E-state index is -1.34. The first kappa shape index (κ1) is 18.0. The van der Waals surface area contributed by atoms with Gasteiger partial charge in [-0.25, -0.2) is 8.78 Å². The topological polar surface area (TPSA) is 85.8 Å². The number of carbonyl (C=O) groups is 2. The summed E-state index contributed by atoms with van der Waals surface area (Å²) in [7, 11) is 0. The van der Waals surface area contributed by atoms with Gasteiger partial charge < -0.3 is 20.5 Å². The third-order valence-corrected chi connectivity index (χ3v) is 3.17. The van der Waals surface area contributed by atoms with E-state index in [2.05, 4.69) is 5.32 Å². The molecule has 1 aromatic carbocycles. The van der Waals surface area contributed by atoms with Crippen LogP contribution in [0.2, 0.25) is 0 Å². The molecule has 1 amide bonds. The molecule has 0 aliphatic heterocycles. The summed E-state index contributed by atoms with van der Waals surface area (Å²) in [5, 5.41) is 14.8. The molecule has 0 bridgehead atoms. The zero-order valence-electron chi connectivity index (χ0n) is 12.4. The predicted molar refractivity (Wildman–Crippen MR) is 74.7 cm³/mol. The summed E-state index contributed by atoms with van der Waals surface area (Å²) in [6.45, 7) is 2.60. The van der Waals surface area contributed by atoms with E-state index in [9.17, 15) is 23.5 Å². The van der Waals surface area contributed by atoms with Gasteiger partial charge in [0.2, 0.25) is 5.91 Å². The van der Waals surface area contributed by atoms with Gasteiger partial charge in [0.1, 0.15) is 17.7 Å². The van der Waals surface area contributed by atoms with Crippen molar-refractivity contribution in [3.05, 3.63) is 29.8 Å². The first-order valence-electron chi connectivity index (χ1n) is 7.23. The number of rotatable bonds is 9. The lowest BCUT2D eigenvalue weighted by molar-refractivity contribution is -0.682. The van der Waals surface area contributed by atoms with Crippen LogP contribution in [0.1, 0.15) is 32.6 Å². The van der Waals surface area contributed by atoms with E-state index in [0.717, 1.165) is 31.4 Å². The van der Waals surface area contributed by atoms with E-state index >= 15 is 0 Å². The van der Waals surface area contributed by atoms with Crippen LogP contribution < -0.4 is 15.7 Å². The number of carboxylic acid groups (broad SMARTS) is 1. The number of anilines is 1. The smallest absolute Gasteiger partial charge is 0.230 e. The molecule has 22 heavy (non-hydrogen) atoms. The molecule has 5 nitrogen and oxygen atoms in total. The maximum Gasteiger partial charge on any atom is 0.230 e. The Bertz CT molecular complexity index is 524. The molecule has 0 aliphatic rings. The van der Waals surface area contributed by atoms with E-state index in [1.807, 2.05) is 6.92 Å². The van der Waals surface area contributed by atoms with Crippen LogP contribution >= 0.6 is 0 Å². The number of carboxylic acids is 1.